The minimum Gasteiger partial charge on any atom is -0.382 e. The van der Waals surface area contributed by atoms with Gasteiger partial charge in [0.1, 0.15) is 0 Å². The maximum absolute atomic E-state index is 13.2. The number of benzene rings is 1. The lowest BCUT2D eigenvalue weighted by molar-refractivity contribution is -0.00436. The number of allylic oxidation sites excluding steroid dienone is 1. The van der Waals surface area contributed by atoms with E-state index in [1.54, 1.807) is 14.0 Å². The molecule has 0 saturated heterocycles. The van der Waals surface area contributed by atoms with Gasteiger partial charge in [-0.05, 0) is 12.1 Å². The lowest BCUT2D eigenvalue weighted by atomic mass is 9.95. The summed E-state index contributed by atoms with van der Waals surface area (Å²) >= 11 is 0. The van der Waals surface area contributed by atoms with Crippen LogP contribution in [0.25, 0.3) is 11.6 Å². The van der Waals surface area contributed by atoms with E-state index in [4.69, 9.17) is 24.5 Å². The standard InChI is InChI=1S/C21H29N3O7S/c1-3-24(9-10-29-13-14-31-16-15-30-12-11-28-2)32(26,27)20-6-4-5-18-17(20)7-8-19(23-22)21(18)25/h4-8H,3,9-16H2,1-2H3. The lowest BCUT2D eigenvalue weighted by Crippen LogP contribution is -2.35. The Kier molecular flexibility index (Phi) is 10.8. The number of ketones is 1. The zero-order valence-corrected chi connectivity index (χ0v) is 19.2. The lowest BCUT2D eigenvalue weighted by Gasteiger charge is -2.22. The van der Waals surface area contributed by atoms with Gasteiger partial charge in [-0.1, -0.05) is 19.1 Å². The fraction of sp³-hybridized carbons (Fsp3) is 0.524. The molecule has 0 aliphatic heterocycles. The number of methoxy groups -OCH3 is 1. The summed E-state index contributed by atoms with van der Waals surface area (Å²) in [5.74, 6) is -0.530. The number of carbonyl (C=O) groups is 1. The van der Waals surface area contributed by atoms with E-state index in [9.17, 15) is 13.2 Å². The predicted molar refractivity (Wildman–Crippen MR) is 117 cm³/mol. The number of Topliss-reactive ketones (excluding diaryl/α,β-unsaturated/α-hetero) is 1. The van der Waals surface area contributed by atoms with Crippen molar-refractivity contribution in [3.63, 3.8) is 0 Å². The van der Waals surface area contributed by atoms with Crippen molar-refractivity contribution in [2.45, 2.75) is 11.8 Å². The molecule has 0 unspecified atom stereocenters. The predicted octanol–water partition coefficient (Wildman–Crippen LogP) is 1.27. The highest BCUT2D eigenvalue weighted by atomic mass is 32.2. The van der Waals surface area contributed by atoms with Crippen LogP contribution in [0.5, 0.6) is 0 Å². The van der Waals surface area contributed by atoms with E-state index in [1.165, 1.54) is 34.7 Å². The van der Waals surface area contributed by atoms with Crippen LogP contribution in [-0.4, -0.2) is 95.5 Å². The molecule has 0 N–H and O–H groups in total. The topological polar surface area (TPSA) is 128 Å². The number of sulfonamides is 1. The van der Waals surface area contributed by atoms with Crippen molar-refractivity contribution in [1.82, 2.24) is 4.31 Å². The minimum atomic E-state index is -3.86. The van der Waals surface area contributed by atoms with Crippen molar-refractivity contribution in [2.24, 2.45) is 0 Å². The van der Waals surface area contributed by atoms with Gasteiger partial charge in [-0.25, -0.2) is 8.42 Å². The molecule has 1 aliphatic carbocycles. The van der Waals surface area contributed by atoms with Crippen molar-refractivity contribution in [2.75, 3.05) is 66.4 Å². The second-order valence-electron chi connectivity index (χ2n) is 6.69. The average Bonchev–Trinajstić information content (AvgIpc) is 2.79. The fourth-order valence-corrected chi connectivity index (χ4v) is 4.67. The summed E-state index contributed by atoms with van der Waals surface area (Å²) < 4.78 is 48.7. The Bertz CT molecular complexity index is 956. The van der Waals surface area contributed by atoms with Crippen molar-refractivity contribution in [1.29, 1.82) is 0 Å². The number of rotatable bonds is 15. The van der Waals surface area contributed by atoms with Gasteiger partial charge in [0, 0.05) is 37.4 Å². The largest absolute Gasteiger partial charge is 0.382 e. The second-order valence-corrected chi connectivity index (χ2v) is 8.60. The van der Waals surface area contributed by atoms with Crippen LogP contribution < -0.4 is 0 Å². The number of carbonyl (C=O) groups excluding carboxylic acids is 1. The summed E-state index contributed by atoms with van der Waals surface area (Å²) in [5.41, 5.74) is 9.25. The van der Waals surface area contributed by atoms with Gasteiger partial charge >= 0.3 is 5.71 Å². The molecule has 0 radical (unpaired) electrons. The Morgan fingerprint density at radius 3 is 2.19 bits per heavy atom. The number of ether oxygens (including phenoxy) is 4. The Morgan fingerprint density at radius 1 is 0.969 bits per heavy atom. The van der Waals surface area contributed by atoms with E-state index in [0.717, 1.165) is 0 Å². The molecule has 0 amide bonds. The first-order chi connectivity index (χ1) is 15.5. The van der Waals surface area contributed by atoms with Gasteiger partial charge in [0.15, 0.2) is 0 Å². The molecule has 0 aromatic heterocycles. The first-order valence-corrected chi connectivity index (χ1v) is 11.7. The third-order valence-electron chi connectivity index (χ3n) is 4.69. The molecule has 1 aliphatic rings. The first-order valence-electron chi connectivity index (χ1n) is 10.3. The van der Waals surface area contributed by atoms with E-state index in [0.29, 0.717) is 39.6 Å². The summed E-state index contributed by atoms with van der Waals surface area (Å²) in [6, 6.07) is 4.46. The van der Waals surface area contributed by atoms with Crippen molar-refractivity contribution in [3.05, 3.63) is 40.9 Å². The molecular formula is C21H29N3O7S. The van der Waals surface area contributed by atoms with Crippen LogP contribution in [0.1, 0.15) is 22.8 Å². The molecule has 32 heavy (non-hydrogen) atoms. The molecule has 2 rings (SSSR count). The van der Waals surface area contributed by atoms with Gasteiger partial charge in [0.2, 0.25) is 10.0 Å². The summed E-state index contributed by atoms with van der Waals surface area (Å²) in [7, 11) is -2.26. The first kappa shape index (κ1) is 26.0. The van der Waals surface area contributed by atoms with Crippen molar-refractivity contribution >= 4 is 27.6 Å². The van der Waals surface area contributed by atoms with Crippen LogP contribution in [-0.2, 0) is 29.0 Å². The van der Waals surface area contributed by atoms with Gasteiger partial charge in [0.05, 0.1) is 51.1 Å². The normalized spacial score (nSPS) is 13.5. The molecule has 10 nitrogen and oxygen atoms in total. The number of likely N-dealkylation sites (N-methyl/N-ethyl adjacent to an activating group) is 1. The summed E-state index contributed by atoms with van der Waals surface area (Å²) in [6.45, 7) is 5.00. The monoisotopic (exact) mass is 467 g/mol. The smallest absolute Gasteiger partial charge is 0.362 e. The third kappa shape index (κ3) is 6.88. The van der Waals surface area contributed by atoms with Crippen LogP contribution >= 0.6 is 0 Å². The number of hydrogen-bond acceptors (Lipinski definition) is 7. The highest BCUT2D eigenvalue weighted by Crippen LogP contribution is 2.27. The third-order valence-corrected chi connectivity index (χ3v) is 6.72. The molecule has 1 aromatic carbocycles. The highest BCUT2D eigenvalue weighted by molar-refractivity contribution is 7.89. The van der Waals surface area contributed by atoms with E-state index in [1.807, 2.05) is 0 Å². The van der Waals surface area contributed by atoms with Gasteiger partial charge < -0.3 is 24.5 Å². The van der Waals surface area contributed by atoms with Gasteiger partial charge in [-0.3, -0.25) is 4.79 Å². The van der Waals surface area contributed by atoms with E-state index in [-0.39, 0.29) is 41.4 Å². The summed E-state index contributed by atoms with van der Waals surface area (Å²) in [6.07, 6.45) is 2.77. The van der Waals surface area contributed by atoms with Crippen molar-refractivity contribution < 1.29 is 36.9 Å². The van der Waals surface area contributed by atoms with Crippen LogP contribution in [0.15, 0.2) is 29.2 Å². The van der Waals surface area contributed by atoms with E-state index in [2.05, 4.69) is 4.79 Å². The van der Waals surface area contributed by atoms with E-state index >= 15 is 0 Å². The Hall–Kier alpha value is -2.24. The maximum atomic E-state index is 13.2. The number of nitrogens with zero attached hydrogens (tertiary/aromatic N) is 3. The molecule has 1 aromatic rings. The summed E-state index contributed by atoms with van der Waals surface area (Å²) in [5, 5.41) is 0. The molecular weight excluding hydrogens is 438 g/mol. The summed E-state index contributed by atoms with van der Waals surface area (Å²) in [4.78, 5) is 15.3. The SMILES string of the molecule is CCN(CCOCCOCCOCCOC)S(=O)(=O)c1cccc2c1C=CC(=[N+]=[N-])C2=O. The molecule has 11 heteroatoms. The minimum absolute atomic E-state index is 0.0234. The van der Waals surface area contributed by atoms with Gasteiger partial charge in [-0.15, -0.1) is 0 Å². The van der Waals surface area contributed by atoms with Crippen LogP contribution in [0.2, 0.25) is 0 Å². The molecule has 0 bridgehead atoms. The Balaban J connectivity index is 1.88. The molecule has 176 valence electrons. The zero-order chi connectivity index (χ0) is 23.4. The zero-order valence-electron chi connectivity index (χ0n) is 18.4. The van der Waals surface area contributed by atoms with Crippen LogP contribution in [0, 0.1) is 0 Å². The number of fused-ring (bicyclic) bond motifs is 1. The van der Waals surface area contributed by atoms with Crippen molar-refractivity contribution in [3.8, 4) is 0 Å². The molecule has 0 atom stereocenters. The Morgan fingerprint density at radius 2 is 1.59 bits per heavy atom. The highest BCUT2D eigenvalue weighted by Gasteiger charge is 2.32. The molecule has 0 heterocycles. The fourth-order valence-electron chi connectivity index (χ4n) is 3.03. The number of hydrogen-bond donors (Lipinski definition) is 0. The quantitative estimate of drug-likeness (QED) is 0.216. The van der Waals surface area contributed by atoms with Gasteiger partial charge in [0.25, 0.3) is 5.78 Å². The van der Waals surface area contributed by atoms with Crippen LogP contribution in [0.3, 0.4) is 0 Å². The second kappa shape index (κ2) is 13.3. The van der Waals surface area contributed by atoms with E-state index < -0.39 is 15.8 Å². The average molecular weight is 468 g/mol. The maximum Gasteiger partial charge on any atom is 0.362 e. The molecule has 0 saturated carbocycles. The van der Waals surface area contributed by atoms with Gasteiger partial charge in [-0.2, -0.15) is 9.10 Å². The van der Waals surface area contributed by atoms with Crippen LogP contribution in [0.4, 0.5) is 0 Å². The Labute approximate surface area is 188 Å². The molecule has 0 spiro atoms. The molecule has 0 fully saturated rings.